The van der Waals surface area contributed by atoms with Gasteiger partial charge in [0.15, 0.2) is 0 Å². The van der Waals surface area contributed by atoms with Crippen LogP contribution in [0.4, 0.5) is 21.9 Å². The molecule has 0 aliphatic carbocycles. The number of benzene rings is 2. The van der Waals surface area contributed by atoms with E-state index in [9.17, 15) is 14.9 Å². The first kappa shape index (κ1) is 15.5. The molecule has 0 fully saturated rings. The quantitative estimate of drug-likeness (QED) is 0.583. The van der Waals surface area contributed by atoms with Gasteiger partial charge in [-0.05, 0) is 24.1 Å². The lowest BCUT2D eigenvalue weighted by Crippen LogP contribution is -2.21. The van der Waals surface area contributed by atoms with Crippen molar-refractivity contribution in [1.82, 2.24) is 0 Å². The summed E-state index contributed by atoms with van der Waals surface area (Å²) in [4.78, 5) is 22.4. The van der Waals surface area contributed by atoms with Crippen LogP contribution in [0.15, 0.2) is 48.5 Å². The Balaban J connectivity index is 2.13. The van der Waals surface area contributed by atoms with E-state index >= 15 is 0 Å². The van der Waals surface area contributed by atoms with Crippen LogP contribution in [0.3, 0.4) is 0 Å². The van der Waals surface area contributed by atoms with Gasteiger partial charge in [-0.3, -0.25) is 10.1 Å². The Morgan fingerprint density at radius 2 is 1.64 bits per heavy atom. The summed E-state index contributed by atoms with van der Waals surface area (Å²) in [5.74, 6) is 0. The number of aliphatic hydroxyl groups excluding tert-OH is 1. The molecule has 0 saturated carbocycles. The van der Waals surface area contributed by atoms with Crippen LogP contribution in [0, 0.1) is 10.1 Å². The third-order valence-corrected chi connectivity index (χ3v) is 3.00. The number of nitrogens with zero attached hydrogens (tertiary/aromatic N) is 1. The SMILES string of the molecule is O=C(Nc1ccccc1CCO)Nc1ccccc1[N+](=O)[O-]. The highest BCUT2D eigenvalue weighted by Crippen LogP contribution is 2.23. The number of carbonyl (C=O) groups excluding carboxylic acids is 1. The summed E-state index contributed by atoms with van der Waals surface area (Å²) in [5, 5.41) is 25.0. The zero-order valence-electron chi connectivity index (χ0n) is 11.7. The highest BCUT2D eigenvalue weighted by Gasteiger charge is 2.15. The average molecular weight is 301 g/mol. The maximum absolute atomic E-state index is 12.0. The molecule has 0 atom stereocenters. The molecule has 22 heavy (non-hydrogen) atoms. The number of rotatable bonds is 5. The van der Waals surface area contributed by atoms with E-state index in [2.05, 4.69) is 10.6 Å². The smallest absolute Gasteiger partial charge is 0.323 e. The second kappa shape index (κ2) is 7.19. The number of para-hydroxylation sites is 3. The van der Waals surface area contributed by atoms with Crippen LogP contribution < -0.4 is 10.6 Å². The van der Waals surface area contributed by atoms with Gasteiger partial charge in [-0.25, -0.2) is 4.79 Å². The molecule has 0 radical (unpaired) electrons. The first-order valence-electron chi connectivity index (χ1n) is 6.62. The Labute approximate surface area is 126 Å². The molecule has 2 aromatic carbocycles. The minimum atomic E-state index is -0.584. The molecule has 0 spiro atoms. The van der Waals surface area contributed by atoms with E-state index in [1.165, 1.54) is 18.2 Å². The largest absolute Gasteiger partial charge is 0.396 e. The first-order valence-corrected chi connectivity index (χ1v) is 6.62. The molecule has 0 heterocycles. The molecule has 3 N–H and O–H groups in total. The second-order valence-corrected chi connectivity index (χ2v) is 4.48. The maximum Gasteiger partial charge on any atom is 0.323 e. The fourth-order valence-electron chi connectivity index (χ4n) is 2.00. The van der Waals surface area contributed by atoms with Crippen molar-refractivity contribution < 1.29 is 14.8 Å². The summed E-state index contributed by atoms with van der Waals surface area (Å²) in [5.41, 5.74) is 1.27. The number of nitro groups is 1. The van der Waals surface area contributed by atoms with Crippen LogP contribution in [-0.4, -0.2) is 22.7 Å². The summed E-state index contributed by atoms with van der Waals surface area (Å²) >= 11 is 0. The van der Waals surface area contributed by atoms with E-state index < -0.39 is 11.0 Å². The predicted octanol–water partition coefficient (Wildman–Crippen LogP) is 2.77. The van der Waals surface area contributed by atoms with Gasteiger partial charge >= 0.3 is 6.03 Å². The van der Waals surface area contributed by atoms with Crippen molar-refractivity contribution in [1.29, 1.82) is 0 Å². The third-order valence-electron chi connectivity index (χ3n) is 3.00. The minimum Gasteiger partial charge on any atom is -0.396 e. The van der Waals surface area contributed by atoms with Gasteiger partial charge in [-0.2, -0.15) is 0 Å². The van der Waals surface area contributed by atoms with E-state index in [4.69, 9.17) is 5.11 Å². The number of hydrogen-bond donors (Lipinski definition) is 3. The van der Waals surface area contributed by atoms with Crippen LogP contribution in [-0.2, 0) is 6.42 Å². The predicted molar refractivity (Wildman–Crippen MR) is 83.0 cm³/mol. The zero-order chi connectivity index (χ0) is 15.9. The summed E-state index contributed by atoms with van der Waals surface area (Å²) < 4.78 is 0. The van der Waals surface area contributed by atoms with E-state index in [0.717, 1.165) is 5.56 Å². The van der Waals surface area contributed by atoms with E-state index in [1.54, 1.807) is 30.3 Å². The Hall–Kier alpha value is -2.93. The lowest BCUT2D eigenvalue weighted by molar-refractivity contribution is -0.383. The molecule has 0 aliphatic rings. The standard InChI is InChI=1S/C15H15N3O4/c19-10-9-11-5-1-2-6-12(11)16-15(20)17-13-7-3-4-8-14(13)18(21)22/h1-8,19H,9-10H2,(H2,16,17,20). The highest BCUT2D eigenvalue weighted by molar-refractivity contribution is 6.01. The summed E-state index contributed by atoms with van der Waals surface area (Å²) in [6.07, 6.45) is 0.405. The molecule has 0 bridgehead atoms. The Kier molecular flexibility index (Phi) is 5.05. The van der Waals surface area contributed by atoms with Gasteiger partial charge in [0.25, 0.3) is 5.69 Å². The van der Waals surface area contributed by atoms with Crippen LogP contribution in [0.1, 0.15) is 5.56 Å². The molecule has 7 nitrogen and oxygen atoms in total. The summed E-state index contributed by atoms with van der Waals surface area (Å²) in [6.45, 7) is -0.0372. The van der Waals surface area contributed by atoms with Crippen LogP contribution in [0.25, 0.3) is 0 Å². The van der Waals surface area contributed by atoms with E-state index in [-0.39, 0.29) is 18.0 Å². The fraction of sp³-hybridized carbons (Fsp3) is 0.133. The molecular weight excluding hydrogens is 286 g/mol. The van der Waals surface area contributed by atoms with Crippen molar-refractivity contribution in [2.75, 3.05) is 17.2 Å². The number of aliphatic hydroxyl groups is 1. The zero-order valence-corrected chi connectivity index (χ0v) is 11.7. The molecule has 114 valence electrons. The summed E-state index contributed by atoms with van der Waals surface area (Å²) in [6, 6.07) is 12.4. The Bertz CT molecular complexity index is 688. The monoisotopic (exact) mass is 301 g/mol. The molecular formula is C15H15N3O4. The van der Waals surface area contributed by atoms with Gasteiger partial charge in [0.05, 0.1) is 4.92 Å². The van der Waals surface area contributed by atoms with E-state index in [0.29, 0.717) is 12.1 Å². The van der Waals surface area contributed by atoms with Crippen LogP contribution in [0.2, 0.25) is 0 Å². The van der Waals surface area contributed by atoms with Crippen molar-refractivity contribution in [2.24, 2.45) is 0 Å². The normalized spacial score (nSPS) is 10.0. The number of urea groups is 1. The highest BCUT2D eigenvalue weighted by atomic mass is 16.6. The minimum absolute atomic E-state index is 0.0372. The van der Waals surface area contributed by atoms with Crippen molar-refractivity contribution in [3.05, 3.63) is 64.2 Å². The van der Waals surface area contributed by atoms with Crippen molar-refractivity contribution in [3.63, 3.8) is 0 Å². The second-order valence-electron chi connectivity index (χ2n) is 4.48. The molecule has 7 heteroatoms. The molecule has 2 aromatic rings. The van der Waals surface area contributed by atoms with Gasteiger partial charge in [-0.1, -0.05) is 30.3 Å². The number of anilines is 2. The van der Waals surface area contributed by atoms with Crippen molar-refractivity contribution >= 4 is 23.1 Å². The molecule has 0 saturated heterocycles. The fourth-order valence-corrected chi connectivity index (χ4v) is 2.00. The van der Waals surface area contributed by atoms with Gasteiger partial charge in [0, 0.05) is 18.4 Å². The van der Waals surface area contributed by atoms with Crippen molar-refractivity contribution in [2.45, 2.75) is 6.42 Å². The molecule has 2 rings (SSSR count). The van der Waals surface area contributed by atoms with Gasteiger partial charge in [0.1, 0.15) is 5.69 Å². The van der Waals surface area contributed by atoms with Crippen molar-refractivity contribution in [3.8, 4) is 0 Å². The molecule has 0 aliphatic heterocycles. The lowest BCUT2D eigenvalue weighted by Gasteiger charge is -2.11. The van der Waals surface area contributed by atoms with Gasteiger partial charge in [0.2, 0.25) is 0 Å². The number of nitro benzene ring substituents is 1. The Morgan fingerprint density at radius 3 is 2.32 bits per heavy atom. The first-order chi connectivity index (χ1) is 10.6. The number of carbonyl (C=O) groups is 1. The maximum atomic E-state index is 12.0. The van der Waals surface area contributed by atoms with Crippen LogP contribution >= 0.6 is 0 Å². The molecule has 2 amide bonds. The lowest BCUT2D eigenvalue weighted by atomic mass is 10.1. The number of amides is 2. The van der Waals surface area contributed by atoms with Gasteiger partial charge in [-0.15, -0.1) is 0 Å². The average Bonchev–Trinajstić information content (AvgIpc) is 2.50. The van der Waals surface area contributed by atoms with Gasteiger partial charge < -0.3 is 15.7 Å². The Morgan fingerprint density at radius 1 is 1.05 bits per heavy atom. The molecule has 0 unspecified atom stereocenters. The van der Waals surface area contributed by atoms with Crippen LogP contribution in [0.5, 0.6) is 0 Å². The molecule has 0 aromatic heterocycles. The topological polar surface area (TPSA) is 104 Å². The van der Waals surface area contributed by atoms with E-state index in [1.807, 2.05) is 0 Å². The summed E-state index contributed by atoms with van der Waals surface area (Å²) in [7, 11) is 0. The number of hydrogen-bond acceptors (Lipinski definition) is 4. The number of nitrogens with one attached hydrogen (secondary N) is 2. The third kappa shape index (κ3) is 3.80.